The van der Waals surface area contributed by atoms with E-state index in [1.165, 1.54) is 5.48 Å². The molecule has 2 rings (SSSR count). The molecule has 0 saturated carbocycles. The van der Waals surface area contributed by atoms with Gasteiger partial charge in [0.15, 0.2) is 6.61 Å². The molecule has 1 amide bonds. The molecule has 0 bridgehead atoms. The molecule has 0 aliphatic heterocycles. The van der Waals surface area contributed by atoms with Crippen molar-refractivity contribution in [1.82, 2.24) is 5.48 Å². The Morgan fingerprint density at radius 3 is 2.09 bits per heavy atom. The second-order valence-corrected chi connectivity index (χ2v) is 9.77. The van der Waals surface area contributed by atoms with Crippen LogP contribution in [0.5, 0.6) is 11.5 Å². The molecule has 0 spiro atoms. The lowest BCUT2D eigenvalue weighted by Gasteiger charge is -2.34. The molecule has 0 aromatic heterocycles. The van der Waals surface area contributed by atoms with Crippen LogP contribution in [0.1, 0.15) is 69.7 Å². The third kappa shape index (κ3) is 6.29. The number of nitrogens with one attached hydrogen (secondary N) is 1. The van der Waals surface area contributed by atoms with E-state index >= 15 is 0 Å². The Kier molecular flexibility index (Phi) is 9.50. The Morgan fingerprint density at radius 2 is 1.59 bits per heavy atom. The quantitative estimate of drug-likeness (QED) is 0.287. The van der Waals surface area contributed by atoms with E-state index in [9.17, 15) is 15.0 Å². The zero-order valence-corrected chi connectivity index (χ0v) is 21.1. The Bertz CT molecular complexity index is 962. The number of benzene rings is 2. The van der Waals surface area contributed by atoms with E-state index in [0.717, 1.165) is 35.3 Å². The molecular formula is C27H39NO6. The van der Waals surface area contributed by atoms with Gasteiger partial charge in [-0.3, -0.25) is 10.0 Å². The zero-order chi connectivity index (χ0) is 25.5. The van der Waals surface area contributed by atoms with Gasteiger partial charge in [0, 0.05) is 11.0 Å². The number of aliphatic hydroxyl groups is 2. The van der Waals surface area contributed by atoms with Gasteiger partial charge in [-0.05, 0) is 60.1 Å². The molecule has 1 unspecified atom stereocenters. The van der Waals surface area contributed by atoms with Crippen LogP contribution < -0.4 is 15.0 Å². The predicted molar refractivity (Wildman–Crippen MR) is 131 cm³/mol. The average Bonchev–Trinajstić information content (AvgIpc) is 2.82. The highest BCUT2D eigenvalue weighted by Gasteiger charge is 2.32. The van der Waals surface area contributed by atoms with E-state index in [1.54, 1.807) is 6.07 Å². The molecule has 0 saturated heterocycles. The number of hydroxylamine groups is 1. The molecule has 1 atom stereocenters. The monoisotopic (exact) mass is 473 g/mol. The van der Waals surface area contributed by atoms with Gasteiger partial charge >= 0.3 is 0 Å². The third-order valence-electron chi connectivity index (χ3n) is 6.60. The van der Waals surface area contributed by atoms with Gasteiger partial charge in [0.25, 0.3) is 5.91 Å². The summed E-state index contributed by atoms with van der Waals surface area (Å²) >= 11 is 0. The number of carbonyl (C=O) groups is 1. The first kappa shape index (κ1) is 27.6. The van der Waals surface area contributed by atoms with Crippen molar-refractivity contribution in [3.63, 3.8) is 0 Å². The first-order valence-corrected chi connectivity index (χ1v) is 11.7. The SMILES string of the molecule is CCC(CC)(c1ccc(OCC(O)C(C)(C)C)c(C)c1)c1ccc(OCC(=O)NO)c(CO)c1. The van der Waals surface area contributed by atoms with Crippen LogP contribution in [0, 0.1) is 12.3 Å². The molecule has 2 aromatic rings. The minimum Gasteiger partial charge on any atom is -0.491 e. The zero-order valence-electron chi connectivity index (χ0n) is 21.1. The maximum atomic E-state index is 11.3. The van der Waals surface area contributed by atoms with Gasteiger partial charge in [-0.2, -0.15) is 0 Å². The van der Waals surface area contributed by atoms with Crippen molar-refractivity contribution in [3.8, 4) is 11.5 Å². The molecule has 0 heterocycles. The first-order valence-electron chi connectivity index (χ1n) is 11.7. The van der Waals surface area contributed by atoms with Gasteiger partial charge in [0.1, 0.15) is 18.1 Å². The summed E-state index contributed by atoms with van der Waals surface area (Å²) in [5.41, 5.74) is 4.72. The molecule has 4 N–H and O–H groups in total. The summed E-state index contributed by atoms with van der Waals surface area (Å²) in [5.74, 6) is 0.473. The molecule has 0 radical (unpaired) electrons. The van der Waals surface area contributed by atoms with Crippen LogP contribution in [0.4, 0.5) is 0 Å². The van der Waals surface area contributed by atoms with Crippen molar-refractivity contribution < 1.29 is 29.7 Å². The summed E-state index contributed by atoms with van der Waals surface area (Å²) in [5, 5.41) is 28.9. The van der Waals surface area contributed by atoms with Gasteiger partial charge in [-0.25, -0.2) is 5.48 Å². The molecular weight excluding hydrogens is 434 g/mol. The van der Waals surface area contributed by atoms with E-state index in [2.05, 4.69) is 26.0 Å². The molecule has 0 fully saturated rings. The number of hydrogen-bond donors (Lipinski definition) is 4. The van der Waals surface area contributed by atoms with Crippen molar-refractivity contribution in [2.45, 2.75) is 72.5 Å². The third-order valence-corrected chi connectivity index (χ3v) is 6.60. The molecule has 7 nitrogen and oxygen atoms in total. The standard InChI is InChI=1S/C27H39NO6/c1-7-27(8-2,21-10-12-23(19(14-21)15-29)34-17-25(31)28-32)20-9-11-22(18(3)13-20)33-16-24(30)26(4,5)6/h9-14,24,29-30,32H,7-8,15-17H2,1-6H3,(H,28,31). The van der Waals surface area contributed by atoms with Crippen LogP contribution >= 0.6 is 0 Å². The average molecular weight is 474 g/mol. The van der Waals surface area contributed by atoms with E-state index in [0.29, 0.717) is 11.3 Å². The molecule has 2 aromatic carbocycles. The highest BCUT2D eigenvalue weighted by molar-refractivity contribution is 5.76. The van der Waals surface area contributed by atoms with Crippen LogP contribution in [-0.2, 0) is 16.8 Å². The van der Waals surface area contributed by atoms with Gasteiger partial charge in [-0.1, -0.05) is 52.8 Å². The fourth-order valence-corrected chi connectivity index (χ4v) is 4.08. The van der Waals surface area contributed by atoms with Crippen molar-refractivity contribution in [1.29, 1.82) is 0 Å². The number of carbonyl (C=O) groups excluding carboxylic acids is 1. The smallest absolute Gasteiger partial charge is 0.281 e. The minimum atomic E-state index is -0.669. The van der Waals surface area contributed by atoms with E-state index < -0.39 is 12.0 Å². The molecule has 0 aliphatic carbocycles. The highest BCUT2D eigenvalue weighted by atomic mass is 16.5. The number of rotatable bonds is 11. The predicted octanol–water partition coefficient (Wildman–Crippen LogP) is 4.26. The van der Waals surface area contributed by atoms with Crippen LogP contribution in [0.15, 0.2) is 36.4 Å². The summed E-state index contributed by atoms with van der Waals surface area (Å²) in [7, 11) is 0. The summed E-state index contributed by atoms with van der Waals surface area (Å²) in [6.45, 7) is 11.8. The summed E-state index contributed by atoms with van der Waals surface area (Å²) in [6, 6.07) is 11.8. The van der Waals surface area contributed by atoms with Crippen LogP contribution in [0.25, 0.3) is 0 Å². The molecule has 34 heavy (non-hydrogen) atoms. The first-order chi connectivity index (χ1) is 16.0. The van der Waals surface area contributed by atoms with Gasteiger partial charge < -0.3 is 19.7 Å². The highest BCUT2D eigenvalue weighted by Crippen LogP contribution is 2.41. The van der Waals surface area contributed by atoms with Crippen LogP contribution in [0.3, 0.4) is 0 Å². The lowest BCUT2D eigenvalue weighted by atomic mass is 9.70. The van der Waals surface area contributed by atoms with Crippen molar-refractivity contribution in [3.05, 3.63) is 58.7 Å². The fourth-order valence-electron chi connectivity index (χ4n) is 4.08. The van der Waals surface area contributed by atoms with Gasteiger partial charge in [-0.15, -0.1) is 0 Å². The lowest BCUT2D eigenvalue weighted by Crippen LogP contribution is -2.32. The second kappa shape index (κ2) is 11.7. The van der Waals surface area contributed by atoms with E-state index in [4.69, 9.17) is 14.7 Å². The molecule has 188 valence electrons. The fraction of sp³-hybridized carbons (Fsp3) is 0.519. The topological polar surface area (TPSA) is 108 Å². The van der Waals surface area contributed by atoms with Crippen molar-refractivity contribution in [2.75, 3.05) is 13.2 Å². The molecule has 7 heteroatoms. The van der Waals surface area contributed by atoms with Crippen LogP contribution in [0.2, 0.25) is 0 Å². The number of aliphatic hydroxyl groups excluding tert-OH is 2. The van der Waals surface area contributed by atoms with Crippen molar-refractivity contribution >= 4 is 5.91 Å². The molecule has 0 aliphatic rings. The maximum absolute atomic E-state index is 11.3. The number of aryl methyl sites for hydroxylation is 1. The van der Waals surface area contributed by atoms with E-state index in [-0.39, 0.29) is 30.7 Å². The van der Waals surface area contributed by atoms with Gasteiger partial charge in [0.2, 0.25) is 0 Å². The Morgan fingerprint density at radius 1 is 1.00 bits per heavy atom. The Labute approximate surface area is 202 Å². The van der Waals surface area contributed by atoms with Gasteiger partial charge in [0.05, 0.1) is 12.7 Å². The number of hydrogen-bond acceptors (Lipinski definition) is 6. The van der Waals surface area contributed by atoms with Crippen molar-refractivity contribution in [2.24, 2.45) is 5.41 Å². The number of ether oxygens (including phenoxy) is 2. The summed E-state index contributed by atoms with van der Waals surface area (Å²) in [6.07, 6.45) is 1.10. The Hall–Kier alpha value is -2.61. The Balaban J connectivity index is 2.37. The number of amides is 1. The second-order valence-electron chi connectivity index (χ2n) is 9.77. The summed E-state index contributed by atoms with van der Waals surface area (Å²) < 4.78 is 11.4. The lowest BCUT2D eigenvalue weighted by molar-refractivity contribution is -0.131. The minimum absolute atomic E-state index is 0.228. The van der Waals surface area contributed by atoms with E-state index in [1.807, 2.05) is 45.9 Å². The maximum Gasteiger partial charge on any atom is 0.281 e. The largest absolute Gasteiger partial charge is 0.491 e. The summed E-state index contributed by atoms with van der Waals surface area (Å²) in [4.78, 5) is 11.3. The normalized spacial score (nSPS) is 12.9. The van der Waals surface area contributed by atoms with Crippen LogP contribution in [-0.4, -0.2) is 40.6 Å².